The Morgan fingerprint density at radius 2 is 1.68 bits per heavy atom. The molecule has 0 unspecified atom stereocenters. The van der Waals surface area contributed by atoms with Crippen molar-refractivity contribution in [3.63, 3.8) is 0 Å². The van der Waals surface area contributed by atoms with Gasteiger partial charge in [0.15, 0.2) is 0 Å². The van der Waals surface area contributed by atoms with Crippen LogP contribution >= 0.6 is 23.2 Å². The molecule has 8 nitrogen and oxygen atoms in total. The maximum absolute atomic E-state index is 10.2. The monoisotopic (exact) mass is 509 g/mol. The van der Waals surface area contributed by atoms with Gasteiger partial charge in [-0.25, -0.2) is 4.68 Å². The molecule has 1 aromatic heterocycles. The molecule has 0 amide bonds. The predicted octanol–water partition coefficient (Wildman–Crippen LogP) is 3.17. The average molecular weight is 510 g/mol. The summed E-state index contributed by atoms with van der Waals surface area (Å²) in [6.45, 7) is 4.36. The van der Waals surface area contributed by atoms with E-state index in [4.69, 9.17) is 37.8 Å². The quantitative estimate of drug-likeness (QED) is 0.321. The van der Waals surface area contributed by atoms with Crippen LogP contribution in [0.25, 0.3) is 0 Å². The molecule has 3 N–H and O–H groups in total. The van der Waals surface area contributed by atoms with Crippen LogP contribution in [-0.4, -0.2) is 61.6 Å². The molecule has 0 fully saturated rings. The van der Waals surface area contributed by atoms with Crippen molar-refractivity contribution in [1.82, 2.24) is 15.0 Å². The highest BCUT2D eigenvalue weighted by molar-refractivity contribution is 6.32. The molecule has 34 heavy (non-hydrogen) atoms. The number of nitrogens with zero attached hydrogens (tertiary/aromatic N) is 3. The van der Waals surface area contributed by atoms with Gasteiger partial charge in [-0.3, -0.25) is 0 Å². The Kier molecular flexibility index (Phi) is 9.16. The van der Waals surface area contributed by atoms with Crippen LogP contribution in [0.2, 0.25) is 5.02 Å². The Morgan fingerprint density at radius 1 is 1.00 bits per heavy atom. The highest BCUT2D eigenvalue weighted by Gasteiger charge is 2.24. The van der Waals surface area contributed by atoms with E-state index in [-0.39, 0.29) is 37.7 Å². The van der Waals surface area contributed by atoms with Crippen molar-refractivity contribution in [3.8, 4) is 11.5 Å². The van der Waals surface area contributed by atoms with Crippen LogP contribution < -0.4 is 9.47 Å². The number of aliphatic hydroxyl groups excluding tert-OH is 3. The minimum Gasteiger partial charge on any atom is -0.491 e. The van der Waals surface area contributed by atoms with Crippen molar-refractivity contribution in [2.75, 3.05) is 19.1 Å². The van der Waals surface area contributed by atoms with E-state index in [0.29, 0.717) is 22.2 Å². The van der Waals surface area contributed by atoms with Crippen molar-refractivity contribution < 1.29 is 24.8 Å². The van der Waals surface area contributed by atoms with Gasteiger partial charge >= 0.3 is 0 Å². The number of ether oxygens (including phenoxy) is 2. The number of hydrogen-bond acceptors (Lipinski definition) is 7. The number of rotatable bonds is 12. The Labute approximate surface area is 208 Å². The van der Waals surface area contributed by atoms with E-state index < -0.39 is 12.2 Å². The maximum Gasteiger partial charge on any atom is 0.138 e. The molecule has 0 aliphatic carbocycles. The zero-order valence-corrected chi connectivity index (χ0v) is 20.6. The molecular weight excluding hydrogens is 481 g/mol. The number of alkyl halides is 1. The summed E-state index contributed by atoms with van der Waals surface area (Å²) in [4.78, 5) is 0. The van der Waals surface area contributed by atoms with Gasteiger partial charge in [-0.2, -0.15) is 0 Å². The van der Waals surface area contributed by atoms with Crippen LogP contribution in [0.4, 0.5) is 0 Å². The van der Waals surface area contributed by atoms with Gasteiger partial charge in [0.05, 0.1) is 30.3 Å². The lowest BCUT2D eigenvalue weighted by Crippen LogP contribution is -2.24. The van der Waals surface area contributed by atoms with E-state index in [1.807, 2.05) is 36.4 Å². The van der Waals surface area contributed by atoms with Gasteiger partial charge in [0.1, 0.15) is 42.6 Å². The van der Waals surface area contributed by atoms with Crippen molar-refractivity contribution in [1.29, 1.82) is 0 Å². The van der Waals surface area contributed by atoms with Crippen LogP contribution in [0.1, 0.15) is 30.7 Å². The third kappa shape index (κ3) is 6.84. The van der Waals surface area contributed by atoms with Gasteiger partial charge in [-0.15, -0.1) is 16.7 Å². The number of hydrogen-bond donors (Lipinski definition) is 3. The van der Waals surface area contributed by atoms with Gasteiger partial charge in [0, 0.05) is 5.41 Å². The lowest BCUT2D eigenvalue weighted by molar-refractivity contribution is 0.0888. The summed E-state index contributed by atoms with van der Waals surface area (Å²) in [5, 5.41) is 36.9. The number of halogens is 2. The van der Waals surface area contributed by atoms with E-state index >= 15 is 0 Å². The van der Waals surface area contributed by atoms with Crippen molar-refractivity contribution in [2.45, 2.75) is 44.6 Å². The molecular formula is C24H29Cl2N3O5. The number of aliphatic hydroxyl groups is 3. The topological polar surface area (TPSA) is 110 Å². The molecule has 0 aliphatic rings. The Bertz CT molecular complexity index is 1060. The summed E-state index contributed by atoms with van der Waals surface area (Å²) in [6.07, 6.45) is 0.0454. The third-order valence-corrected chi connectivity index (χ3v) is 6.08. The summed E-state index contributed by atoms with van der Waals surface area (Å²) in [5.74, 6) is 1.22. The first-order valence-electron chi connectivity index (χ1n) is 10.8. The minimum atomic E-state index is -0.780. The number of benzene rings is 2. The lowest BCUT2D eigenvalue weighted by atomic mass is 9.78. The molecule has 2 aromatic carbocycles. The molecule has 0 saturated carbocycles. The van der Waals surface area contributed by atoms with Gasteiger partial charge < -0.3 is 24.8 Å². The molecule has 3 aromatic rings. The molecule has 0 aliphatic heterocycles. The highest BCUT2D eigenvalue weighted by atomic mass is 35.5. The van der Waals surface area contributed by atoms with Crippen molar-refractivity contribution in [2.24, 2.45) is 0 Å². The van der Waals surface area contributed by atoms with Crippen molar-refractivity contribution in [3.05, 3.63) is 70.5 Å². The van der Waals surface area contributed by atoms with Gasteiger partial charge in [0.2, 0.25) is 0 Å². The summed E-state index contributed by atoms with van der Waals surface area (Å²) in [7, 11) is 0. The predicted molar refractivity (Wildman–Crippen MR) is 130 cm³/mol. The zero-order chi connectivity index (χ0) is 24.7. The van der Waals surface area contributed by atoms with Gasteiger partial charge in [-0.1, -0.05) is 48.9 Å². The minimum absolute atomic E-state index is 0.0741. The van der Waals surface area contributed by atoms with Gasteiger partial charge in [0.25, 0.3) is 0 Å². The third-order valence-electron chi connectivity index (χ3n) is 5.43. The van der Waals surface area contributed by atoms with E-state index in [1.165, 1.54) is 4.68 Å². The molecule has 0 saturated heterocycles. The van der Waals surface area contributed by atoms with E-state index in [0.717, 1.165) is 11.1 Å². The fraction of sp³-hybridized carbons (Fsp3) is 0.417. The summed E-state index contributed by atoms with van der Waals surface area (Å²) < 4.78 is 12.7. The van der Waals surface area contributed by atoms with E-state index in [1.54, 1.807) is 12.3 Å². The molecule has 184 valence electrons. The summed E-state index contributed by atoms with van der Waals surface area (Å²) in [5.41, 5.74) is 2.16. The number of aromatic nitrogens is 3. The zero-order valence-electron chi connectivity index (χ0n) is 19.1. The van der Waals surface area contributed by atoms with Crippen LogP contribution in [0.5, 0.6) is 11.5 Å². The normalized spacial score (nSPS) is 13.5. The van der Waals surface area contributed by atoms with Crippen molar-refractivity contribution >= 4 is 23.2 Å². The summed E-state index contributed by atoms with van der Waals surface area (Å²) in [6, 6.07) is 13.3. The molecule has 2 atom stereocenters. The smallest absolute Gasteiger partial charge is 0.138 e. The lowest BCUT2D eigenvalue weighted by Gasteiger charge is -2.27. The largest absolute Gasteiger partial charge is 0.491 e. The van der Waals surface area contributed by atoms with Crippen LogP contribution in [0.3, 0.4) is 0 Å². The first-order valence-corrected chi connectivity index (χ1v) is 11.7. The Morgan fingerprint density at radius 3 is 2.29 bits per heavy atom. The van der Waals surface area contributed by atoms with Crippen LogP contribution in [-0.2, 0) is 18.6 Å². The second-order valence-electron chi connectivity index (χ2n) is 8.47. The molecule has 10 heteroatoms. The fourth-order valence-corrected chi connectivity index (χ4v) is 3.66. The Balaban J connectivity index is 1.59. The first-order chi connectivity index (χ1) is 16.2. The first kappa shape index (κ1) is 26.2. The van der Waals surface area contributed by atoms with Gasteiger partial charge in [-0.05, 0) is 35.4 Å². The maximum atomic E-state index is 10.2. The van der Waals surface area contributed by atoms with Crippen LogP contribution in [0.15, 0.2) is 48.7 Å². The summed E-state index contributed by atoms with van der Waals surface area (Å²) >= 11 is 12.0. The Hall–Kier alpha value is -2.36. The SMILES string of the molecule is CC(C)(c1ccc(OC[C@H](O)Cn2cc(CO)nn2)cc1)c1ccc(OC[C@H](O)CCl)c(Cl)c1. The second kappa shape index (κ2) is 11.9. The highest BCUT2D eigenvalue weighted by Crippen LogP contribution is 2.36. The van der Waals surface area contributed by atoms with Crippen LogP contribution in [0, 0.1) is 0 Å². The van der Waals surface area contributed by atoms with E-state index in [2.05, 4.69) is 24.2 Å². The molecule has 0 bridgehead atoms. The average Bonchev–Trinajstić information content (AvgIpc) is 3.29. The molecule has 1 heterocycles. The fourth-order valence-electron chi connectivity index (χ4n) is 3.33. The molecule has 0 radical (unpaired) electrons. The standard InChI is InChI=1S/C24H29Cl2N3O5/c1-24(2,17-5-8-23(22(26)9-17)34-14-19(31)10-25)16-3-6-21(7-4-16)33-15-20(32)12-29-11-18(13-30)27-28-29/h3-9,11,19-20,30-32H,10,12-15H2,1-2H3/t19-,20-/m1/s1. The molecule has 0 spiro atoms. The molecule has 3 rings (SSSR count). The van der Waals surface area contributed by atoms with E-state index in [9.17, 15) is 10.2 Å². The second-order valence-corrected chi connectivity index (χ2v) is 9.18.